The van der Waals surface area contributed by atoms with Gasteiger partial charge in [0.1, 0.15) is 5.54 Å². The van der Waals surface area contributed by atoms with Crippen molar-refractivity contribution < 1.29 is 49.4 Å². The zero-order valence-electron chi connectivity index (χ0n) is 24.0. The van der Waals surface area contributed by atoms with Crippen LogP contribution in [-0.2, 0) is 20.8 Å². The van der Waals surface area contributed by atoms with E-state index in [9.17, 15) is 39.6 Å². The van der Waals surface area contributed by atoms with E-state index in [1.807, 2.05) is 6.07 Å². The van der Waals surface area contributed by atoms with E-state index in [0.717, 1.165) is 37.8 Å². The summed E-state index contributed by atoms with van der Waals surface area (Å²) >= 11 is 0. The fourth-order valence-corrected chi connectivity index (χ4v) is 7.99. The first-order valence-corrected chi connectivity index (χ1v) is 16.1. The topological polar surface area (TPSA) is 123 Å². The zero-order valence-corrected chi connectivity index (χ0v) is 24.8. The average Bonchev–Trinajstić information content (AvgIpc) is 3.28. The number of carbonyl (C=O) groups is 1. The van der Waals surface area contributed by atoms with Crippen LogP contribution in [0.4, 0.5) is 36.8 Å². The van der Waals surface area contributed by atoms with Crippen LogP contribution in [0.25, 0.3) is 0 Å². The highest BCUT2D eigenvalue weighted by molar-refractivity contribution is 7.92. The number of rotatable bonds is 7. The number of carboxylic acid groups (broad SMARTS) is 1. The highest BCUT2D eigenvalue weighted by atomic mass is 32.2. The van der Waals surface area contributed by atoms with Gasteiger partial charge in [0.2, 0.25) is 0 Å². The number of nitriles is 1. The van der Waals surface area contributed by atoms with Gasteiger partial charge in [-0.25, -0.2) is 13.2 Å². The van der Waals surface area contributed by atoms with Crippen LogP contribution < -0.4 is 10.2 Å². The van der Waals surface area contributed by atoms with E-state index < -0.39 is 56.1 Å². The summed E-state index contributed by atoms with van der Waals surface area (Å²) in [7, 11) is -4.25. The standard InChI is InChI=1S/C23H30F6N2O3S.C5H6N2O2/c24-22(25,26)15-30-9-11-31(12-10-30)16-5-8-21(20(13-16)23(27,28)29)35(32,33)19-7-6-18(14-19)34-17-3-1-2-4-17;6-3-5(1-2-5)7-4(8)9/h5,8,13,17-19H,1-4,6-7,9-12,14-15H2;7H,1-2H2,(H,8,9)/t18-,19-;/m0./s1. The first-order valence-electron chi connectivity index (χ1n) is 14.6. The number of anilines is 1. The molecule has 0 bridgehead atoms. The fourth-order valence-electron chi connectivity index (χ4n) is 5.98. The van der Waals surface area contributed by atoms with E-state index in [4.69, 9.17) is 15.1 Å². The fraction of sp³-hybridized carbons (Fsp3) is 0.714. The number of piperazine rings is 1. The largest absolute Gasteiger partial charge is 0.465 e. The lowest BCUT2D eigenvalue weighted by atomic mass is 10.1. The average molecular weight is 655 g/mol. The molecule has 4 fully saturated rings. The van der Waals surface area contributed by atoms with Gasteiger partial charge in [-0.2, -0.15) is 31.6 Å². The quantitative estimate of drug-likeness (QED) is 0.378. The van der Waals surface area contributed by atoms with Crippen LogP contribution in [0.5, 0.6) is 0 Å². The molecular formula is C28H36F6N4O5S. The molecule has 246 valence electrons. The summed E-state index contributed by atoms with van der Waals surface area (Å²) in [6.45, 7) is -0.750. The monoisotopic (exact) mass is 654 g/mol. The third-order valence-corrected chi connectivity index (χ3v) is 10.8. The van der Waals surface area contributed by atoms with Crippen LogP contribution >= 0.6 is 0 Å². The maximum absolute atomic E-state index is 14.0. The van der Waals surface area contributed by atoms with Gasteiger partial charge in [-0.1, -0.05) is 12.8 Å². The van der Waals surface area contributed by atoms with E-state index in [-0.39, 0.29) is 56.9 Å². The molecule has 9 nitrogen and oxygen atoms in total. The van der Waals surface area contributed by atoms with Gasteiger partial charge in [-0.15, -0.1) is 0 Å². The molecule has 1 amide bonds. The van der Waals surface area contributed by atoms with Gasteiger partial charge in [-0.05, 0) is 63.1 Å². The lowest BCUT2D eigenvalue weighted by Gasteiger charge is -2.36. The Morgan fingerprint density at radius 2 is 1.66 bits per heavy atom. The number of hydrogen-bond acceptors (Lipinski definition) is 7. The minimum Gasteiger partial charge on any atom is -0.465 e. The summed E-state index contributed by atoms with van der Waals surface area (Å²) in [6, 6.07) is 5.03. The third kappa shape index (κ3) is 8.91. The van der Waals surface area contributed by atoms with E-state index in [1.165, 1.54) is 11.0 Å². The van der Waals surface area contributed by atoms with Crippen molar-refractivity contribution in [3.63, 3.8) is 0 Å². The Morgan fingerprint density at radius 1 is 1.02 bits per heavy atom. The molecule has 2 N–H and O–H groups in total. The zero-order chi connectivity index (χ0) is 32.3. The van der Waals surface area contributed by atoms with Crippen LogP contribution in [0.3, 0.4) is 0 Å². The number of ether oxygens (including phenoxy) is 1. The van der Waals surface area contributed by atoms with E-state index in [1.54, 1.807) is 4.90 Å². The lowest BCUT2D eigenvalue weighted by Crippen LogP contribution is -2.49. The van der Waals surface area contributed by atoms with Gasteiger partial charge in [-0.3, -0.25) is 4.90 Å². The molecule has 2 atom stereocenters. The van der Waals surface area contributed by atoms with Crippen molar-refractivity contribution in [3.05, 3.63) is 23.8 Å². The molecule has 0 unspecified atom stereocenters. The molecule has 4 aliphatic rings. The van der Waals surface area contributed by atoms with Gasteiger partial charge in [0.15, 0.2) is 9.84 Å². The molecule has 44 heavy (non-hydrogen) atoms. The number of benzene rings is 1. The Labute approximate surface area is 252 Å². The Kier molecular flexibility index (Phi) is 10.3. The number of amides is 1. The first kappa shape index (κ1) is 34.1. The predicted octanol–water partition coefficient (Wildman–Crippen LogP) is 5.35. The molecule has 0 aromatic heterocycles. The summed E-state index contributed by atoms with van der Waals surface area (Å²) in [5.41, 5.74) is -1.81. The van der Waals surface area contributed by atoms with Crippen LogP contribution in [0.15, 0.2) is 23.1 Å². The molecular weight excluding hydrogens is 618 g/mol. The Bertz CT molecular complexity index is 1310. The summed E-state index contributed by atoms with van der Waals surface area (Å²) in [5.74, 6) is 0. The second-order valence-electron chi connectivity index (χ2n) is 11.8. The smallest absolute Gasteiger partial charge is 0.417 e. The van der Waals surface area contributed by atoms with Crippen molar-refractivity contribution in [1.82, 2.24) is 10.2 Å². The third-order valence-electron chi connectivity index (χ3n) is 8.49. The van der Waals surface area contributed by atoms with Crippen LogP contribution in [0.1, 0.15) is 63.4 Å². The number of hydrogen-bond donors (Lipinski definition) is 2. The van der Waals surface area contributed by atoms with E-state index in [2.05, 4.69) is 5.32 Å². The molecule has 3 saturated carbocycles. The van der Waals surface area contributed by atoms with Crippen molar-refractivity contribution in [2.24, 2.45) is 0 Å². The Balaban J connectivity index is 0.000000421. The molecule has 1 aromatic carbocycles. The van der Waals surface area contributed by atoms with E-state index in [0.29, 0.717) is 19.3 Å². The van der Waals surface area contributed by atoms with Gasteiger partial charge in [0.25, 0.3) is 0 Å². The highest BCUT2D eigenvalue weighted by Gasteiger charge is 2.45. The molecule has 1 heterocycles. The molecule has 1 aliphatic heterocycles. The number of nitrogens with zero attached hydrogens (tertiary/aromatic N) is 3. The van der Waals surface area contributed by atoms with Crippen LogP contribution in [0.2, 0.25) is 0 Å². The maximum atomic E-state index is 14.0. The molecule has 5 rings (SSSR count). The summed E-state index contributed by atoms with van der Waals surface area (Å²) in [4.78, 5) is 12.0. The van der Waals surface area contributed by atoms with Gasteiger partial charge < -0.3 is 20.1 Å². The van der Waals surface area contributed by atoms with Gasteiger partial charge in [0.05, 0.1) is 40.5 Å². The number of halogens is 6. The van der Waals surface area contributed by atoms with Crippen molar-refractivity contribution in [3.8, 4) is 6.07 Å². The van der Waals surface area contributed by atoms with Crippen LogP contribution in [0, 0.1) is 11.3 Å². The maximum Gasteiger partial charge on any atom is 0.417 e. The Morgan fingerprint density at radius 3 is 2.16 bits per heavy atom. The summed E-state index contributed by atoms with van der Waals surface area (Å²) in [6.07, 6.45) is -4.30. The Hall–Kier alpha value is -2.77. The van der Waals surface area contributed by atoms with Crippen LogP contribution in [-0.4, -0.2) is 86.4 Å². The SMILES string of the molecule is N#CC1(NC(=O)O)CC1.O=S(=O)(c1ccc(N2CCN(CC(F)(F)F)CC2)cc1C(F)(F)F)[C@H]1CC[C@H](OC2CCCC2)C1. The summed E-state index contributed by atoms with van der Waals surface area (Å²) in [5, 5.41) is 17.7. The predicted molar refractivity (Wildman–Crippen MR) is 147 cm³/mol. The summed E-state index contributed by atoms with van der Waals surface area (Å²) < 4.78 is 112. The van der Waals surface area contributed by atoms with E-state index >= 15 is 0 Å². The molecule has 0 spiro atoms. The lowest BCUT2D eigenvalue weighted by molar-refractivity contribution is -0.146. The molecule has 16 heteroatoms. The minimum atomic E-state index is -4.89. The normalized spacial score (nSPS) is 24.3. The number of alkyl halides is 6. The second-order valence-corrected chi connectivity index (χ2v) is 14.0. The molecule has 1 aromatic rings. The number of nitrogens with one attached hydrogen (secondary N) is 1. The second kappa shape index (κ2) is 13.3. The first-order chi connectivity index (χ1) is 20.5. The number of sulfone groups is 1. The molecule has 0 radical (unpaired) electrons. The van der Waals surface area contributed by atoms with Gasteiger partial charge >= 0.3 is 18.4 Å². The highest BCUT2D eigenvalue weighted by Crippen LogP contribution is 2.41. The van der Waals surface area contributed by atoms with Gasteiger partial charge in [0, 0.05) is 31.9 Å². The minimum absolute atomic E-state index is 0.0470. The molecule has 1 saturated heterocycles. The van der Waals surface area contributed by atoms with Crippen molar-refractivity contribution in [2.75, 3.05) is 37.6 Å². The van der Waals surface area contributed by atoms with Crippen molar-refractivity contribution in [2.45, 2.75) is 98.0 Å². The van der Waals surface area contributed by atoms with Crippen molar-refractivity contribution in [1.29, 1.82) is 5.26 Å². The molecule has 3 aliphatic carbocycles. The van der Waals surface area contributed by atoms with Crippen molar-refractivity contribution >= 4 is 21.6 Å².